The molecule has 1 aromatic rings. The van der Waals surface area contributed by atoms with Crippen LogP contribution in [0.1, 0.15) is 49.7 Å². The number of hydrogen-bond donors (Lipinski definition) is 0. The van der Waals surface area contributed by atoms with Gasteiger partial charge in [0.05, 0.1) is 11.6 Å². The first-order valence-corrected chi connectivity index (χ1v) is 7.01. The molecule has 1 aromatic carbocycles. The van der Waals surface area contributed by atoms with Gasteiger partial charge in [0.25, 0.3) is 0 Å². The lowest BCUT2D eigenvalue weighted by Crippen LogP contribution is -2.26. The van der Waals surface area contributed by atoms with E-state index < -0.39 is 0 Å². The monoisotopic (exact) mass is 237 g/mol. The summed E-state index contributed by atoms with van der Waals surface area (Å²) in [5.74, 6) is 0. The minimum absolute atomic E-state index is 0.465. The van der Waals surface area contributed by atoms with Crippen molar-refractivity contribution in [2.75, 3.05) is 0 Å². The fourth-order valence-electron chi connectivity index (χ4n) is 3.71. The predicted molar refractivity (Wildman–Crippen MR) is 73.1 cm³/mol. The minimum Gasteiger partial charge on any atom is -0.192 e. The topological polar surface area (TPSA) is 23.8 Å². The average Bonchev–Trinajstić information content (AvgIpc) is 2.83. The molecule has 0 saturated heterocycles. The zero-order chi connectivity index (χ0) is 12.4. The maximum absolute atomic E-state index is 8.84. The Morgan fingerprint density at radius 1 is 1.11 bits per heavy atom. The van der Waals surface area contributed by atoms with Crippen LogP contribution < -0.4 is 0 Å². The second-order valence-corrected chi connectivity index (χ2v) is 5.74. The highest BCUT2D eigenvalue weighted by atomic mass is 14.4. The molecule has 0 bridgehead atoms. The van der Waals surface area contributed by atoms with E-state index in [-0.39, 0.29) is 0 Å². The number of benzene rings is 1. The fourth-order valence-corrected chi connectivity index (χ4v) is 3.71. The average molecular weight is 237 g/mol. The summed E-state index contributed by atoms with van der Waals surface area (Å²) in [5, 5.41) is 8.84. The first kappa shape index (κ1) is 11.5. The van der Waals surface area contributed by atoms with E-state index in [2.05, 4.69) is 24.3 Å². The lowest BCUT2D eigenvalue weighted by atomic mass is 9.68. The molecule has 1 heteroatoms. The molecule has 0 spiro atoms. The summed E-state index contributed by atoms with van der Waals surface area (Å²) in [6, 6.07) is 10.4. The van der Waals surface area contributed by atoms with Crippen molar-refractivity contribution >= 4 is 0 Å². The molecular weight excluding hydrogens is 218 g/mol. The molecule has 0 heterocycles. The predicted octanol–water partition coefficient (Wildman–Crippen LogP) is 4.38. The van der Waals surface area contributed by atoms with Gasteiger partial charge in [-0.05, 0) is 61.6 Å². The lowest BCUT2D eigenvalue weighted by Gasteiger charge is -2.37. The standard InChI is InChI=1S/C17H19N/c18-13-15-8-6-14(7-9-15)12-17-10-2-1-4-16(17)5-3-11-17/h5-9H,1-4,10-12H2. The third kappa shape index (κ3) is 1.97. The molecule has 18 heavy (non-hydrogen) atoms. The van der Waals surface area contributed by atoms with Crippen LogP contribution in [-0.2, 0) is 6.42 Å². The van der Waals surface area contributed by atoms with E-state index in [4.69, 9.17) is 5.26 Å². The van der Waals surface area contributed by atoms with Crippen molar-refractivity contribution in [2.24, 2.45) is 5.41 Å². The van der Waals surface area contributed by atoms with Crippen LogP contribution >= 0.6 is 0 Å². The molecule has 0 radical (unpaired) electrons. The zero-order valence-electron chi connectivity index (χ0n) is 10.8. The van der Waals surface area contributed by atoms with Gasteiger partial charge in [0.1, 0.15) is 0 Å². The quantitative estimate of drug-likeness (QED) is 0.700. The van der Waals surface area contributed by atoms with Gasteiger partial charge in [-0.15, -0.1) is 0 Å². The second-order valence-electron chi connectivity index (χ2n) is 5.74. The summed E-state index contributed by atoms with van der Waals surface area (Å²) >= 11 is 0. The Kier molecular flexibility index (Phi) is 2.96. The largest absolute Gasteiger partial charge is 0.192 e. The summed E-state index contributed by atoms with van der Waals surface area (Å²) < 4.78 is 0. The number of nitrogens with zero attached hydrogens (tertiary/aromatic N) is 1. The van der Waals surface area contributed by atoms with Crippen molar-refractivity contribution in [3.8, 4) is 6.07 Å². The van der Waals surface area contributed by atoms with Gasteiger partial charge in [-0.2, -0.15) is 5.26 Å². The van der Waals surface area contributed by atoms with Crippen molar-refractivity contribution in [3.05, 3.63) is 47.0 Å². The highest BCUT2D eigenvalue weighted by molar-refractivity contribution is 5.34. The first-order valence-electron chi connectivity index (χ1n) is 7.01. The number of nitriles is 1. The summed E-state index contributed by atoms with van der Waals surface area (Å²) in [6.07, 6.45) is 11.7. The highest BCUT2D eigenvalue weighted by Crippen LogP contribution is 2.50. The normalized spacial score (nSPS) is 26.3. The number of hydrogen-bond acceptors (Lipinski definition) is 1. The van der Waals surface area contributed by atoms with Crippen LogP contribution in [0, 0.1) is 16.7 Å². The third-order valence-corrected chi connectivity index (χ3v) is 4.67. The molecule has 0 aromatic heterocycles. The summed E-state index contributed by atoms with van der Waals surface area (Å²) in [4.78, 5) is 0. The molecule has 3 rings (SSSR count). The van der Waals surface area contributed by atoms with E-state index >= 15 is 0 Å². The van der Waals surface area contributed by atoms with Crippen molar-refractivity contribution in [2.45, 2.75) is 44.9 Å². The van der Waals surface area contributed by atoms with E-state index in [0.29, 0.717) is 5.41 Å². The molecule has 92 valence electrons. The molecule has 0 aliphatic heterocycles. The van der Waals surface area contributed by atoms with Crippen molar-refractivity contribution in [1.82, 2.24) is 0 Å². The maximum atomic E-state index is 8.84. The lowest BCUT2D eigenvalue weighted by molar-refractivity contribution is 0.271. The molecule has 2 aliphatic carbocycles. The molecule has 2 aliphatic rings. The van der Waals surface area contributed by atoms with E-state index in [1.807, 2.05) is 12.1 Å². The van der Waals surface area contributed by atoms with Gasteiger partial charge < -0.3 is 0 Å². The molecular formula is C17H19N. The molecule has 1 atom stereocenters. The van der Waals surface area contributed by atoms with Crippen LogP contribution in [0.15, 0.2) is 35.9 Å². The smallest absolute Gasteiger partial charge is 0.0991 e. The van der Waals surface area contributed by atoms with Gasteiger partial charge in [0.15, 0.2) is 0 Å². The molecule has 1 unspecified atom stereocenters. The zero-order valence-corrected chi connectivity index (χ0v) is 10.8. The van der Waals surface area contributed by atoms with Crippen LogP contribution in [0.4, 0.5) is 0 Å². The number of fused-ring (bicyclic) bond motifs is 1. The molecule has 0 N–H and O–H groups in total. The molecule has 0 amide bonds. The first-order chi connectivity index (χ1) is 8.82. The Labute approximate surface area is 109 Å². The Hall–Kier alpha value is -1.55. The number of allylic oxidation sites excluding steroid dienone is 2. The minimum atomic E-state index is 0.465. The van der Waals surface area contributed by atoms with Crippen LogP contribution in [-0.4, -0.2) is 0 Å². The van der Waals surface area contributed by atoms with Crippen LogP contribution in [0.5, 0.6) is 0 Å². The second kappa shape index (κ2) is 4.61. The summed E-state index contributed by atoms with van der Waals surface area (Å²) in [6.45, 7) is 0. The van der Waals surface area contributed by atoms with Gasteiger partial charge >= 0.3 is 0 Å². The van der Waals surface area contributed by atoms with Gasteiger partial charge in [0, 0.05) is 0 Å². The molecule has 1 fully saturated rings. The van der Waals surface area contributed by atoms with Crippen LogP contribution in [0.3, 0.4) is 0 Å². The summed E-state index contributed by atoms with van der Waals surface area (Å²) in [7, 11) is 0. The van der Waals surface area contributed by atoms with Gasteiger partial charge in [-0.1, -0.05) is 30.2 Å². The van der Waals surface area contributed by atoms with Crippen molar-refractivity contribution < 1.29 is 0 Å². The Bertz CT molecular complexity index is 503. The third-order valence-electron chi connectivity index (χ3n) is 4.67. The highest BCUT2D eigenvalue weighted by Gasteiger charge is 2.38. The van der Waals surface area contributed by atoms with E-state index in [1.165, 1.54) is 50.5 Å². The van der Waals surface area contributed by atoms with Gasteiger partial charge in [-0.25, -0.2) is 0 Å². The SMILES string of the molecule is N#Cc1ccc(CC23CCC=C2CCCC3)cc1. The Balaban J connectivity index is 1.82. The molecule has 1 nitrogen and oxygen atoms in total. The van der Waals surface area contributed by atoms with Crippen molar-refractivity contribution in [1.29, 1.82) is 5.26 Å². The summed E-state index contributed by atoms with van der Waals surface area (Å²) in [5.41, 5.74) is 4.34. The van der Waals surface area contributed by atoms with E-state index in [9.17, 15) is 0 Å². The maximum Gasteiger partial charge on any atom is 0.0991 e. The molecule has 1 saturated carbocycles. The van der Waals surface area contributed by atoms with Crippen LogP contribution in [0.2, 0.25) is 0 Å². The van der Waals surface area contributed by atoms with Crippen molar-refractivity contribution in [3.63, 3.8) is 0 Å². The fraction of sp³-hybridized carbons (Fsp3) is 0.471. The van der Waals surface area contributed by atoms with E-state index in [1.54, 1.807) is 5.57 Å². The van der Waals surface area contributed by atoms with Gasteiger partial charge in [-0.3, -0.25) is 0 Å². The van der Waals surface area contributed by atoms with Crippen LogP contribution in [0.25, 0.3) is 0 Å². The van der Waals surface area contributed by atoms with E-state index in [0.717, 1.165) is 5.56 Å². The Morgan fingerprint density at radius 3 is 2.72 bits per heavy atom. The van der Waals surface area contributed by atoms with Gasteiger partial charge in [0.2, 0.25) is 0 Å². The Morgan fingerprint density at radius 2 is 1.94 bits per heavy atom. The number of rotatable bonds is 2.